The summed E-state index contributed by atoms with van der Waals surface area (Å²) in [5, 5.41) is 12.2. The first-order valence-electron chi connectivity index (χ1n) is 8.21. The van der Waals surface area contributed by atoms with Gasteiger partial charge in [-0.15, -0.1) is 0 Å². The molecule has 0 aliphatic carbocycles. The summed E-state index contributed by atoms with van der Waals surface area (Å²) in [7, 11) is 0. The predicted molar refractivity (Wildman–Crippen MR) is 95.3 cm³/mol. The molecule has 0 radical (unpaired) electrons. The number of amides is 1. The number of oxazole rings is 1. The highest BCUT2D eigenvalue weighted by atomic mass is 32.2. The molecule has 25 heavy (non-hydrogen) atoms. The molecule has 2 aromatic rings. The SMILES string of the molecule is O=C(CCc1ncc(-c2ccccc2)o1)NC1(C(=O)O)CCSCC1. The Morgan fingerprint density at radius 3 is 2.64 bits per heavy atom. The van der Waals surface area contributed by atoms with Crippen LogP contribution in [0.25, 0.3) is 11.3 Å². The highest BCUT2D eigenvalue weighted by Crippen LogP contribution is 2.27. The van der Waals surface area contributed by atoms with Crippen LogP contribution in [0.5, 0.6) is 0 Å². The monoisotopic (exact) mass is 360 g/mol. The number of aryl methyl sites for hydroxylation is 1. The van der Waals surface area contributed by atoms with Crippen LogP contribution in [0.2, 0.25) is 0 Å². The molecule has 1 aromatic heterocycles. The van der Waals surface area contributed by atoms with Crippen LogP contribution < -0.4 is 5.32 Å². The number of carboxylic acid groups (broad SMARTS) is 1. The Balaban J connectivity index is 1.57. The zero-order valence-corrected chi connectivity index (χ0v) is 14.6. The van der Waals surface area contributed by atoms with E-state index in [-0.39, 0.29) is 12.3 Å². The van der Waals surface area contributed by atoms with Gasteiger partial charge in [-0.3, -0.25) is 4.79 Å². The smallest absolute Gasteiger partial charge is 0.329 e. The highest BCUT2D eigenvalue weighted by Gasteiger charge is 2.41. The van der Waals surface area contributed by atoms with Gasteiger partial charge in [-0.2, -0.15) is 11.8 Å². The number of nitrogens with one attached hydrogen (secondary N) is 1. The molecule has 1 amide bonds. The minimum Gasteiger partial charge on any atom is -0.480 e. The van der Waals surface area contributed by atoms with Gasteiger partial charge in [0.1, 0.15) is 5.54 Å². The molecule has 3 rings (SSSR count). The third-order valence-electron chi connectivity index (χ3n) is 4.31. The van der Waals surface area contributed by atoms with Crippen LogP contribution in [-0.4, -0.2) is 39.0 Å². The Morgan fingerprint density at radius 1 is 1.24 bits per heavy atom. The third-order valence-corrected chi connectivity index (χ3v) is 5.30. The molecule has 1 fully saturated rings. The van der Waals surface area contributed by atoms with Crippen LogP contribution in [-0.2, 0) is 16.0 Å². The highest BCUT2D eigenvalue weighted by molar-refractivity contribution is 7.99. The van der Waals surface area contributed by atoms with Crippen molar-refractivity contribution in [3.05, 3.63) is 42.4 Å². The van der Waals surface area contributed by atoms with Gasteiger partial charge in [0.15, 0.2) is 11.7 Å². The summed E-state index contributed by atoms with van der Waals surface area (Å²) in [5.41, 5.74) is -0.205. The lowest BCUT2D eigenvalue weighted by atomic mass is 9.92. The Labute approximate surface area is 150 Å². The molecular weight excluding hydrogens is 340 g/mol. The minimum atomic E-state index is -1.13. The van der Waals surface area contributed by atoms with E-state index in [1.165, 1.54) is 0 Å². The van der Waals surface area contributed by atoms with Crippen molar-refractivity contribution in [1.29, 1.82) is 0 Å². The van der Waals surface area contributed by atoms with Crippen LogP contribution in [0.4, 0.5) is 0 Å². The molecule has 7 heteroatoms. The van der Waals surface area contributed by atoms with Gasteiger partial charge in [-0.1, -0.05) is 30.3 Å². The second kappa shape index (κ2) is 7.74. The van der Waals surface area contributed by atoms with E-state index in [1.54, 1.807) is 18.0 Å². The van der Waals surface area contributed by atoms with E-state index in [0.717, 1.165) is 17.1 Å². The molecule has 1 aliphatic rings. The van der Waals surface area contributed by atoms with Crippen molar-refractivity contribution in [2.24, 2.45) is 0 Å². The predicted octanol–water partition coefficient (Wildman–Crippen LogP) is 2.74. The average Bonchev–Trinajstić information content (AvgIpc) is 3.10. The van der Waals surface area contributed by atoms with Gasteiger partial charge in [0, 0.05) is 18.4 Å². The maximum atomic E-state index is 12.2. The minimum absolute atomic E-state index is 0.150. The van der Waals surface area contributed by atoms with Crippen LogP contribution in [0, 0.1) is 0 Å². The molecule has 2 N–H and O–H groups in total. The molecule has 0 spiro atoms. The first kappa shape index (κ1) is 17.5. The number of aromatic nitrogens is 1. The van der Waals surface area contributed by atoms with E-state index in [4.69, 9.17) is 4.42 Å². The van der Waals surface area contributed by atoms with Crippen LogP contribution in [0.15, 0.2) is 40.9 Å². The summed E-state index contributed by atoms with van der Waals surface area (Å²) in [5.74, 6) is 1.37. The van der Waals surface area contributed by atoms with Crippen molar-refractivity contribution in [3.8, 4) is 11.3 Å². The fourth-order valence-corrected chi connectivity index (χ4v) is 4.01. The van der Waals surface area contributed by atoms with Crippen LogP contribution >= 0.6 is 11.8 Å². The number of thioether (sulfide) groups is 1. The van der Waals surface area contributed by atoms with Crippen molar-refractivity contribution in [2.75, 3.05) is 11.5 Å². The Kier molecular flexibility index (Phi) is 5.43. The molecule has 132 valence electrons. The molecule has 0 saturated carbocycles. The normalized spacial score (nSPS) is 16.3. The number of carboxylic acids is 1. The number of carbonyl (C=O) groups is 2. The summed E-state index contributed by atoms with van der Waals surface area (Å²) in [6.45, 7) is 0. The van der Waals surface area contributed by atoms with E-state index < -0.39 is 11.5 Å². The summed E-state index contributed by atoms with van der Waals surface area (Å²) in [6, 6.07) is 9.61. The molecule has 1 saturated heterocycles. The summed E-state index contributed by atoms with van der Waals surface area (Å²) in [6.07, 6.45) is 3.03. The second-order valence-electron chi connectivity index (χ2n) is 6.03. The van der Waals surface area contributed by atoms with Crippen molar-refractivity contribution in [1.82, 2.24) is 10.3 Å². The van der Waals surface area contributed by atoms with Crippen LogP contribution in [0.3, 0.4) is 0 Å². The number of aliphatic carboxylic acids is 1. The summed E-state index contributed by atoms with van der Waals surface area (Å²) >= 11 is 1.71. The summed E-state index contributed by atoms with van der Waals surface area (Å²) < 4.78 is 5.67. The molecule has 6 nitrogen and oxygen atoms in total. The fraction of sp³-hybridized carbons (Fsp3) is 0.389. The second-order valence-corrected chi connectivity index (χ2v) is 7.26. The van der Waals surface area contributed by atoms with Gasteiger partial charge in [-0.05, 0) is 24.3 Å². The number of rotatable bonds is 6. The zero-order valence-electron chi connectivity index (χ0n) is 13.7. The Bertz CT molecular complexity index is 739. The van der Waals surface area contributed by atoms with Gasteiger partial charge in [0.2, 0.25) is 5.91 Å². The van der Waals surface area contributed by atoms with Gasteiger partial charge in [-0.25, -0.2) is 9.78 Å². The maximum Gasteiger partial charge on any atom is 0.329 e. The Hall–Kier alpha value is -2.28. The molecule has 1 aliphatic heterocycles. The topological polar surface area (TPSA) is 92.4 Å². The van der Waals surface area contributed by atoms with E-state index in [9.17, 15) is 14.7 Å². The lowest BCUT2D eigenvalue weighted by Crippen LogP contribution is -2.56. The lowest BCUT2D eigenvalue weighted by molar-refractivity contribution is -0.148. The number of hydrogen-bond donors (Lipinski definition) is 2. The summed E-state index contributed by atoms with van der Waals surface area (Å²) in [4.78, 5) is 28.0. The molecule has 0 bridgehead atoms. The van der Waals surface area contributed by atoms with Crippen molar-refractivity contribution < 1.29 is 19.1 Å². The van der Waals surface area contributed by atoms with Gasteiger partial charge in [0.05, 0.1) is 6.20 Å². The van der Waals surface area contributed by atoms with Gasteiger partial charge < -0.3 is 14.8 Å². The zero-order chi connectivity index (χ0) is 17.7. The number of hydrogen-bond acceptors (Lipinski definition) is 5. The quantitative estimate of drug-likeness (QED) is 0.823. The molecular formula is C18H20N2O4S. The van der Waals surface area contributed by atoms with Gasteiger partial charge >= 0.3 is 5.97 Å². The van der Waals surface area contributed by atoms with E-state index in [1.807, 2.05) is 30.3 Å². The maximum absolute atomic E-state index is 12.2. The van der Waals surface area contributed by atoms with Crippen molar-refractivity contribution >= 4 is 23.6 Å². The number of carbonyl (C=O) groups excluding carboxylic acids is 1. The first-order chi connectivity index (χ1) is 12.1. The average molecular weight is 360 g/mol. The molecule has 0 atom stereocenters. The van der Waals surface area contributed by atoms with Crippen LogP contribution in [0.1, 0.15) is 25.2 Å². The number of benzene rings is 1. The Morgan fingerprint density at radius 2 is 1.96 bits per heavy atom. The first-order valence-corrected chi connectivity index (χ1v) is 9.37. The fourth-order valence-electron chi connectivity index (χ4n) is 2.82. The molecule has 2 heterocycles. The van der Waals surface area contributed by atoms with Gasteiger partial charge in [0.25, 0.3) is 0 Å². The standard InChI is InChI=1S/C18H20N2O4S/c21-15(20-18(17(22)23)8-10-25-11-9-18)6-7-16-19-12-14(24-16)13-4-2-1-3-5-13/h1-5,12H,6-11H2,(H,20,21)(H,22,23). The largest absolute Gasteiger partial charge is 0.480 e. The van der Waals surface area contributed by atoms with E-state index in [0.29, 0.717) is 30.9 Å². The van der Waals surface area contributed by atoms with E-state index >= 15 is 0 Å². The number of nitrogens with zero attached hydrogens (tertiary/aromatic N) is 1. The third kappa shape index (κ3) is 4.22. The van der Waals surface area contributed by atoms with Crippen molar-refractivity contribution in [3.63, 3.8) is 0 Å². The molecule has 1 aromatic carbocycles. The van der Waals surface area contributed by atoms with Crippen molar-refractivity contribution in [2.45, 2.75) is 31.2 Å². The molecule has 0 unspecified atom stereocenters. The van der Waals surface area contributed by atoms with E-state index in [2.05, 4.69) is 10.3 Å². The lowest BCUT2D eigenvalue weighted by Gasteiger charge is -2.33.